The maximum atomic E-state index is 13.6. The molecule has 4 nitrogen and oxygen atoms in total. The summed E-state index contributed by atoms with van der Waals surface area (Å²) in [5, 5.41) is 7.23. The highest BCUT2D eigenvalue weighted by atomic mass is 16.5. The van der Waals surface area contributed by atoms with Crippen molar-refractivity contribution in [2.45, 2.75) is 25.3 Å². The van der Waals surface area contributed by atoms with Crippen LogP contribution in [0.2, 0.25) is 0 Å². The number of ether oxygens (including phenoxy) is 1. The molecule has 0 amide bonds. The fourth-order valence-corrected chi connectivity index (χ4v) is 4.70. The van der Waals surface area contributed by atoms with Gasteiger partial charge in [-0.3, -0.25) is 4.79 Å². The molecule has 2 aliphatic rings. The molecule has 3 atom stereocenters. The van der Waals surface area contributed by atoms with Gasteiger partial charge in [0.2, 0.25) is 0 Å². The van der Waals surface area contributed by atoms with Gasteiger partial charge in [-0.2, -0.15) is 0 Å². The molecule has 0 saturated heterocycles. The highest BCUT2D eigenvalue weighted by Gasteiger charge is 2.40. The lowest BCUT2D eigenvalue weighted by atomic mass is 9.76. The molecular weight excluding hydrogens is 384 g/mol. The number of para-hydroxylation sites is 3. The molecule has 1 heterocycles. The molecule has 4 heteroatoms. The molecule has 3 unspecified atom stereocenters. The van der Waals surface area contributed by atoms with Crippen LogP contribution in [-0.4, -0.2) is 12.4 Å². The summed E-state index contributed by atoms with van der Waals surface area (Å²) in [7, 11) is 0. The quantitative estimate of drug-likeness (QED) is 0.560. The van der Waals surface area contributed by atoms with Gasteiger partial charge in [0.25, 0.3) is 0 Å². The van der Waals surface area contributed by atoms with Crippen molar-refractivity contribution < 1.29 is 9.53 Å². The second-order valence-electron chi connectivity index (χ2n) is 8.05. The smallest absolute Gasteiger partial charge is 0.145 e. The summed E-state index contributed by atoms with van der Waals surface area (Å²) in [6, 6.07) is 26.2. The molecular formula is C27H26N2O2. The maximum absolute atomic E-state index is 13.6. The number of carbonyl (C=O) groups is 1. The van der Waals surface area contributed by atoms with Gasteiger partial charge in [-0.25, -0.2) is 0 Å². The fourth-order valence-electron chi connectivity index (χ4n) is 4.70. The number of allylic oxidation sites excluding steroid dienone is 1. The van der Waals surface area contributed by atoms with Crippen molar-refractivity contribution in [1.29, 1.82) is 0 Å². The van der Waals surface area contributed by atoms with Crippen molar-refractivity contribution in [3.8, 4) is 5.75 Å². The highest BCUT2D eigenvalue weighted by Crippen LogP contribution is 2.46. The molecule has 2 N–H and O–H groups in total. The first-order chi connectivity index (χ1) is 15.2. The van der Waals surface area contributed by atoms with Crippen LogP contribution in [0.15, 0.2) is 90.6 Å². The molecule has 3 aromatic carbocycles. The van der Waals surface area contributed by atoms with E-state index in [9.17, 15) is 4.79 Å². The minimum Gasteiger partial charge on any atom is -0.494 e. The predicted octanol–water partition coefficient (Wildman–Crippen LogP) is 5.92. The zero-order valence-corrected chi connectivity index (χ0v) is 17.5. The van der Waals surface area contributed by atoms with Crippen molar-refractivity contribution in [2.24, 2.45) is 5.92 Å². The number of rotatable bonds is 4. The van der Waals surface area contributed by atoms with Crippen molar-refractivity contribution in [1.82, 2.24) is 0 Å². The standard InChI is InChI=1S/C27H26N2O2/c1-2-31-25-15-9-6-12-20(25)27-26-23(28-21-13-7-8-14-22(21)29-27)16-19(17-24(26)30)18-10-4-3-5-11-18/h3-16,19,26-29H,2,17H2,1H3. The van der Waals surface area contributed by atoms with Crippen LogP contribution >= 0.6 is 0 Å². The lowest BCUT2D eigenvalue weighted by Crippen LogP contribution is -2.34. The highest BCUT2D eigenvalue weighted by molar-refractivity contribution is 5.90. The van der Waals surface area contributed by atoms with E-state index in [0.717, 1.165) is 28.4 Å². The predicted molar refractivity (Wildman–Crippen MR) is 124 cm³/mol. The van der Waals surface area contributed by atoms with E-state index in [1.54, 1.807) is 0 Å². The first kappa shape index (κ1) is 19.4. The number of hydrogen-bond donors (Lipinski definition) is 2. The van der Waals surface area contributed by atoms with Crippen LogP contribution < -0.4 is 15.4 Å². The number of nitrogens with one attached hydrogen (secondary N) is 2. The number of ketones is 1. The number of fused-ring (bicyclic) bond motifs is 2. The van der Waals surface area contributed by atoms with E-state index in [1.165, 1.54) is 5.56 Å². The summed E-state index contributed by atoms with van der Waals surface area (Å²) in [6.07, 6.45) is 2.73. The van der Waals surface area contributed by atoms with Gasteiger partial charge in [0.15, 0.2) is 0 Å². The summed E-state index contributed by atoms with van der Waals surface area (Å²) < 4.78 is 5.93. The van der Waals surface area contributed by atoms with E-state index >= 15 is 0 Å². The normalized spacial score (nSPS) is 22.2. The maximum Gasteiger partial charge on any atom is 0.145 e. The molecule has 0 spiro atoms. The summed E-state index contributed by atoms with van der Waals surface area (Å²) in [5.41, 5.74) is 5.10. The number of benzene rings is 3. The summed E-state index contributed by atoms with van der Waals surface area (Å²) in [4.78, 5) is 13.6. The van der Waals surface area contributed by atoms with E-state index in [1.807, 2.05) is 61.5 Å². The average Bonchev–Trinajstić information content (AvgIpc) is 2.97. The second kappa shape index (κ2) is 8.31. The molecule has 0 fully saturated rings. The van der Waals surface area contributed by atoms with Crippen molar-refractivity contribution in [3.05, 3.63) is 102 Å². The number of anilines is 2. The van der Waals surface area contributed by atoms with Crippen LogP contribution in [0.25, 0.3) is 0 Å². The topological polar surface area (TPSA) is 50.4 Å². The van der Waals surface area contributed by atoms with E-state index in [0.29, 0.717) is 13.0 Å². The van der Waals surface area contributed by atoms with Gasteiger partial charge < -0.3 is 15.4 Å². The Balaban J connectivity index is 1.64. The Bertz CT molecular complexity index is 1120. The van der Waals surface area contributed by atoms with Gasteiger partial charge in [0, 0.05) is 23.6 Å². The number of Topliss-reactive ketones (excluding diaryl/α,β-unsaturated/α-hetero) is 1. The van der Waals surface area contributed by atoms with E-state index in [2.05, 4.69) is 41.0 Å². The van der Waals surface area contributed by atoms with Gasteiger partial charge in [0.1, 0.15) is 11.5 Å². The summed E-state index contributed by atoms with van der Waals surface area (Å²) in [6.45, 7) is 2.56. The monoisotopic (exact) mass is 410 g/mol. The molecule has 1 aliphatic heterocycles. The van der Waals surface area contributed by atoms with Crippen LogP contribution in [-0.2, 0) is 4.79 Å². The average molecular weight is 411 g/mol. The zero-order chi connectivity index (χ0) is 21.2. The van der Waals surface area contributed by atoms with Crippen molar-refractivity contribution in [3.63, 3.8) is 0 Å². The zero-order valence-electron chi connectivity index (χ0n) is 17.5. The Morgan fingerprint density at radius 3 is 2.42 bits per heavy atom. The van der Waals surface area contributed by atoms with Crippen molar-refractivity contribution in [2.75, 3.05) is 17.2 Å². The van der Waals surface area contributed by atoms with Crippen LogP contribution in [0.3, 0.4) is 0 Å². The Morgan fingerprint density at radius 1 is 0.903 bits per heavy atom. The van der Waals surface area contributed by atoms with Crippen LogP contribution in [0, 0.1) is 5.92 Å². The van der Waals surface area contributed by atoms with Gasteiger partial charge in [-0.1, -0.05) is 66.7 Å². The van der Waals surface area contributed by atoms with Crippen molar-refractivity contribution >= 4 is 17.2 Å². The molecule has 0 bridgehead atoms. The third-order valence-corrected chi connectivity index (χ3v) is 6.12. The minimum absolute atomic E-state index is 0.0699. The molecule has 3 aromatic rings. The molecule has 0 saturated carbocycles. The summed E-state index contributed by atoms with van der Waals surface area (Å²) in [5.74, 6) is 0.809. The molecule has 0 radical (unpaired) electrons. The summed E-state index contributed by atoms with van der Waals surface area (Å²) >= 11 is 0. The lowest BCUT2D eigenvalue weighted by Gasteiger charge is -2.33. The first-order valence-corrected chi connectivity index (χ1v) is 10.9. The second-order valence-corrected chi connectivity index (χ2v) is 8.05. The van der Waals surface area contributed by atoms with E-state index < -0.39 is 0 Å². The Morgan fingerprint density at radius 2 is 1.61 bits per heavy atom. The van der Waals surface area contributed by atoms with Crippen LogP contribution in [0.4, 0.5) is 11.4 Å². The largest absolute Gasteiger partial charge is 0.494 e. The molecule has 0 aromatic heterocycles. The van der Waals surface area contributed by atoms with Crippen LogP contribution in [0.1, 0.15) is 36.4 Å². The molecule has 5 rings (SSSR count). The molecule has 156 valence electrons. The third kappa shape index (κ3) is 3.70. The van der Waals surface area contributed by atoms with Gasteiger partial charge in [-0.05, 0) is 30.7 Å². The minimum atomic E-state index is -0.311. The SMILES string of the molecule is CCOc1ccccc1C1Nc2ccccc2NC2=CC(c3ccccc3)CC(=O)C21. The molecule has 31 heavy (non-hydrogen) atoms. The van der Waals surface area contributed by atoms with Gasteiger partial charge in [-0.15, -0.1) is 0 Å². The lowest BCUT2D eigenvalue weighted by molar-refractivity contribution is -0.122. The first-order valence-electron chi connectivity index (χ1n) is 10.9. The van der Waals surface area contributed by atoms with Gasteiger partial charge >= 0.3 is 0 Å². The Kier molecular flexibility index (Phi) is 5.21. The fraction of sp³-hybridized carbons (Fsp3) is 0.222. The van der Waals surface area contributed by atoms with E-state index in [-0.39, 0.29) is 23.7 Å². The van der Waals surface area contributed by atoms with Crippen LogP contribution in [0.5, 0.6) is 5.75 Å². The van der Waals surface area contributed by atoms with E-state index in [4.69, 9.17) is 4.74 Å². The number of hydrogen-bond acceptors (Lipinski definition) is 4. The number of carbonyl (C=O) groups excluding carboxylic acids is 1. The Labute approximate surface area is 183 Å². The Hall–Kier alpha value is -3.53. The van der Waals surface area contributed by atoms with Gasteiger partial charge in [0.05, 0.1) is 29.9 Å². The molecule has 1 aliphatic carbocycles. The third-order valence-electron chi connectivity index (χ3n) is 6.12.